The van der Waals surface area contributed by atoms with Crippen molar-refractivity contribution < 1.29 is 4.39 Å². The molecule has 0 aliphatic rings. The van der Waals surface area contributed by atoms with E-state index in [0.29, 0.717) is 11.3 Å². The van der Waals surface area contributed by atoms with E-state index in [1.54, 1.807) is 42.2 Å². The van der Waals surface area contributed by atoms with Gasteiger partial charge in [-0.3, -0.25) is 4.79 Å². The minimum atomic E-state index is -0.395. The molecule has 0 aliphatic heterocycles. The van der Waals surface area contributed by atoms with Crippen LogP contribution in [-0.4, -0.2) is 19.6 Å². The fraction of sp³-hybridized carbons (Fsp3) is 0.0952. The third kappa shape index (κ3) is 3.06. The summed E-state index contributed by atoms with van der Waals surface area (Å²) in [5.41, 5.74) is 2.95. The highest BCUT2D eigenvalue weighted by Gasteiger charge is 2.16. The van der Waals surface area contributed by atoms with Gasteiger partial charge >= 0.3 is 0 Å². The van der Waals surface area contributed by atoms with Crippen LogP contribution in [-0.2, 0) is 0 Å². The lowest BCUT2D eigenvalue weighted by molar-refractivity contribution is 0.607. The first kappa shape index (κ1) is 16.9. The van der Waals surface area contributed by atoms with Gasteiger partial charge in [0, 0.05) is 11.8 Å². The molecule has 2 aromatic carbocycles. The first-order valence-electron chi connectivity index (χ1n) is 8.51. The average Bonchev–Trinajstić information content (AvgIpc) is 3.14. The van der Waals surface area contributed by atoms with E-state index in [1.807, 2.05) is 37.3 Å². The summed E-state index contributed by atoms with van der Waals surface area (Å²) < 4.78 is 17.5. The van der Waals surface area contributed by atoms with Gasteiger partial charge in [-0.05, 0) is 49.7 Å². The van der Waals surface area contributed by atoms with Crippen LogP contribution < -0.4 is 5.43 Å². The summed E-state index contributed by atoms with van der Waals surface area (Å²) in [6.07, 6.45) is 3.16. The maximum atomic E-state index is 14.4. The average molecular weight is 360 g/mol. The Morgan fingerprint density at radius 1 is 1.00 bits per heavy atom. The minimum Gasteiger partial charge on any atom is -0.287 e. The molecule has 4 rings (SSSR count). The van der Waals surface area contributed by atoms with E-state index in [2.05, 4.69) is 10.2 Å². The van der Waals surface area contributed by atoms with Gasteiger partial charge in [-0.15, -0.1) is 0 Å². The molecular weight excluding hydrogens is 343 g/mol. The molecule has 2 heterocycles. The third-order valence-electron chi connectivity index (χ3n) is 4.33. The van der Waals surface area contributed by atoms with E-state index < -0.39 is 5.82 Å². The molecule has 4 aromatic rings. The maximum Gasteiger partial charge on any atom is 0.212 e. The van der Waals surface area contributed by atoms with Crippen molar-refractivity contribution in [3.8, 4) is 22.8 Å². The number of benzene rings is 2. The van der Waals surface area contributed by atoms with E-state index in [-0.39, 0.29) is 16.8 Å². The van der Waals surface area contributed by atoms with Gasteiger partial charge in [-0.25, -0.2) is 13.8 Å². The molecule has 0 saturated heterocycles. The monoisotopic (exact) mass is 360 g/mol. The standard InChI is InChI=1S/C21H17FN4O/c1-14-8-9-18(17(22)12-14)25-13-15(2)21(27)20(24-25)19-10-11-23-26(19)16-6-4-3-5-7-16/h3-13H,1-2H3. The lowest BCUT2D eigenvalue weighted by atomic mass is 10.2. The van der Waals surface area contributed by atoms with Crippen molar-refractivity contribution in [3.05, 3.63) is 94.2 Å². The third-order valence-corrected chi connectivity index (χ3v) is 4.33. The Bertz CT molecular complexity index is 1180. The molecule has 0 aliphatic carbocycles. The van der Waals surface area contributed by atoms with Gasteiger partial charge in [0.05, 0.1) is 17.6 Å². The smallest absolute Gasteiger partial charge is 0.212 e. The fourth-order valence-corrected chi connectivity index (χ4v) is 2.96. The van der Waals surface area contributed by atoms with Crippen molar-refractivity contribution in [3.63, 3.8) is 0 Å². The number of hydrogen-bond donors (Lipinski definition) is 0. The zero-order chi connectivity index (χ0) is 19.0. The van der Waals surface area contributed by atoms with Crippen molar-refractivity contribution in [1.29, 1.82) is 0 Å². The number of nitrogens with zero attached hydrogens (tertiary/aromatic N) is 4. The number of aromatic nitrogens is 4. The van der Waals surface area contributed by atoms with Gasteiger partial charge in [0.15, 0.2) is 5.69 Å². The summed E-state index contributed by atoms with van der Waals surface area (Å²) in [4.78, 5) is 12.8. The van der Waals surface area contributed by atoms with E-state index in [1.165, 1.54) is 10.7 Å². The van der Waals surface area contributed by atoms with Crippen LogP contribution in [0.15, 0.2) is 71.8 Å². The van der Waals surface area contributed by atoms with E-state index in [9.17, 15) is 9.18 Å². The molecule has 27 heavy (non-hydrogen) atoms. The van der Waals surface area contributed by atoms with E-state index >= 15 is 0 Å². The first-order valence-corrected chi connectivity index (χ1v) is 8.51. The van der Waals surface area contributed by atoms with Crippen molar-refractivity contribution in [1.82, 2.24) is 19.6 Å². The zero-order valence-electron chi connectivity index (χ0n) is 14.9. The van der Waals surface area contributed by atoms with Crippen LogP contribution in [0.5, 0.6) is 0 Å². The Morgan fingerprint density at radius 3 is 2.52 bits per heavy atom. The van der Waals surface area contributed by atoms with Crippen LogP contribution in [0.4, 0.5) is 4.39 Å². The van der Waals surface area contributed by atoms with Gasteiger partial charge in [0.2, 0.25) is 5.43 Å². The van der Waals surface area contributed by atoms with Crippen molar-refractivity contribution in [2.75, 3.05) is 0 Å². The van der Waals surface area contributed by atoms with Crippen molar-refractivity contribution in [2.45, 2.75) is 13.8 Å². The number of hydrogen-bond acceptors (Lipinski definition) is 3. The van der Waals surface area contributed by atoms with E-state index in [0.717, 1.165) is 11.3 Å². The summed E-state index contributed by atoms with van der Waals surface area (Å²) in [7, 11) is 0. The Morgan fingerprint density at radius 2 is 1.78 bits per heavy atom. The molecule has 0 spiro atoms. The SMILES string of the molecule is Cc1ccc(-n2cc(C)c(=O)c(-c3ccnn3-c3ccccc3)n2)c(F)c1. The van der Waals surface area contributed by atoms with Crippen molar-refractivity contribution >= 4 is 0 Å². The summed E-state index contributed by atoms with van der Waals surface area (Å²) >= 11 is 0. The maximum absolute atomic E-state index is 14.4. The fourth-order valence-electron chi connectivity index (χ4n) is 2.96. The van der Waals surface area contributed by atoms with Crippen LogP contribution in [0, 0.1) is 19.7 Å². The number of aryl methyl sites for hydroxylation is 2. The molecule has 0 atom stereocenters. The predicted molar refractivity (Wildman–Crippen MR) is 102 cm³/mol. The van der Waals surface area contributed by atoms with E-state index in [4.69, 9.17) is 0 Å². The van der Waals surface area contributed by atoms with Gasteiger partial charge in [0.1, 0.15) is 11.5 Å². The number of para-hydroxylation sites is 1. The lowest BCUT2D eigenvalue weighted by Gasteiger charge is -2.12. The quantitative estimate of drug-likeness (QED) is 0.558. The summed E-state index contributed by atoms with van der Waals surface area (Å²) in [5.74, 6) is -0.395. The van der Waals surface area contributed by atoms with Gasteiger partial charge in [-0.1, -0.05) is 24.3 Å². The van der Waals surface area contributed by atoms with Crippen LogP contribution in [0.25, 0.3) is 22.8 Å². The molecule has 0 amide bonds. The van der Waals surface area contributed by atoms with Crippen LogP contribution in [0.2, 0.25) is 0 Å². The van der Waals surface area contributed by atoms with Crippen LogP contribution >= 0.6 is 0 Å². The second-order valence-electron chi connectivity index (χ2n) is 6.35. The second-order valence-corrected chi connectivity index (χ2v) is 6.35. The number of rotatable bonds is 3. The highest BCUT2D eigenvalue weighted by molar-refractivity contribution is 5.58. The van der Waals surface area contributed by atoms with Gasteiger partial charge < -0.3 is 0 Å². The molecule has 2 aromatic heterocycles. The summed E-state index contributed by atoms with van der Waals surface area (Å²) in [6, 6.07) is 16.1. The molecule has 0 bridgehead atoms. The molecule has 134 valence electrons. The lowest BCUT2D eigenvalue weighted by Crippen LogP contribution is -2.18. The minimum absolute atomic E-state index is 0.212. The molecule has 0 fully saturated rings. The second kappa shape index (κ2) is 6.64. The van der Waals surface area contributed by atoms with Crippen LogP contribution in [0.1, 0.15) is 11.1 Å². The molecule has 0 N–H and O–H groups in total. The molecule has 6 heteroatoms. The topological polar surface area (TPSA) is 52.7 Å². The Labute approximate surface area is 155 Å². The molecule has 0 saturated carbocycles. The summed E-state index contributed by atoms with van der Waals surface area (Å²) in [6.45, 7) is 3.51. The Hall–Kier alpha value is -3.54. The zero-order valence-corrected chi connectivity index (χ0v) is 14.9. The molecule has 0 unspecified atom stereocenters. The number of halogens is 1. The highest BCUT2D eigenvalue weighted by Crippen LogP contribution is 2.20. The predicted octanol–water partition coefficient (Wildman–Crippen LogP) is 3.84. The normalized spacial score (nSPS) is 10.9. The molecule has 5 nitrogen and oxygen atoms in total. The molecular formula is C21H17FN4O. The molecule has 0 radical (unpaired) electrons. The van der Waals surface area contributed by atoms with Gasteiger partial charge in [-0.2, -0.15) is 10.2 Å². The Kier molecular flexibility index (Phi) is 4.16. The first-order chi connectivity index (χ1) is 13.0. The van der Waals surface area contributed by atoms with Gasteiger partial charge in [0.25, 0.3) is 0 Å². The Balaban J connectivity index is 1.92. The van der Waals surface area contributed by atoms with Crippen molar-refractivity contribution in [2.24, 2.45) is 0 Å². The summed E-state index contributed by atoms with van der Waals surface area (Å²) in [5, 5.41) is 8.75. The largest absolute Gasteiger partial charge is 0.287 e. The van der Waals surface area contributed by atoms with Crippen LogP contribution in [0.3, 0.4) is 0 Å². The highest BCUT2D eigenvalue weighted by atomic mass is 19.1.